The molecule has 0 spiro atoms. The second-order valence-corrected chi connectivity index (χ2v) is 7.48. The molecule has 0 saturated heterocycles. The van der Waals surface area contributed by atoms with Gasteiger partial charge in [0.25, 0.3) is 5.91 Å². The zero-order valence-corrected chi connectivity index (χ0v) is 18.7. The topological polar surface area (TPSA) is 109 Å². The number of halogens is 1. The lowest BCUT2D eigenvalue weighted by atomic mass is 10.1. The summed E-state index contributed by atoms with van der Waals surface area (Å²) in [4.78, 5) is 35.7. The molecule has 0 fully saturated rings. The van der Waals surface area contributed by atoms with Gasteiger partial charge in [-0.15, -0.1) is 0 Å². The van der Waals surface area contributed by atoms with Crippen molar-refractivity contribution in [2.75, 3.05) is 11.9 Å². The van der Waals surface area contributed by atoms with Gasteiger partial charge >= 0.3 is 0 Å². The maximum Gasteiger partial charge on any atom is 0.264 e. The Bertz CT molecular complexity index is 966. The predicted molar refractivity (Wildman–Crippen MR) is 123 cm³/mol. The summed E-state index contributed by atoms with van der Waals surface area (Å²) in [5.41, 5.74) is 7.59. The van der Waals surface area contributed by atoms with Gasteiger partial charge in [-0.1, -0.05) is 17.7 Å². The number of hydrazine groups is 1. The number of nitrogens with one attached hydrogen (secondary N) is 4. The summed E-state index contributed by atoms with van der Waals surface area (Å²) >= 11 is 10.7. The largest absolute Gasteiger partial charge is 0.484 e. The third-order valence-electron chi connectivity index (χ3n) is 4.12. The van der Waals surface area contributed by atoms with Crippen LogP contribution in [0.2, 0.25) is 5.02 Å². The van der Waals surface area contributed by atoms with Crippen LogP contribution in [0.4, 0.5) is 5.69 Å². The normalized spacial score (nSPS) is 10.0. The number of thiocarbonyl (C=S) groups is 1. The first-order valence-electron chi connectivity index (χ1n) is 9.37. The number of amides is 3. The Labute approximate surface area is 190 Å². The van der Waals surface area contributed by atoms with Crippen molar-refractivity contribution in [3.63, 3.8) is 0 Å². The van der Waals surface area contributed by atoms with Crippen LogP contribution in [0.3, 0.4) is 0 Å². The number of aryl methyl sites for hydroxylation is 2. The lowest BCUT2D eigenvalue weighted by molar-refractivity contribution is -0.125. The van der Waals surface area contributed by atoms with Crippen molar-refractivity contribution in [1.29, 1.82) is 0 Å². The Balaban J connectivity index is 1.62. The van der Waals surface area contributed by atoms with Gasteiger partial charge in [0.15, 0.2) is 11.7 Å². The van der Waals surface area contributed by atoms with Crippen molar-refractivity contribution in [3.05, 3.63) is 58.6 Å². The van der Waals surface area contributed by atoms with E-state index in [9.17, 15) is 14.4 Å². The maximum absolute atomic E-state index is 12.0. The van der Waals surface area contributed by atoms with Crippen molar-refractivity contribution in [3.8, 4) is 5.75 Å². The van der Waals surface area contributed by atoms with E-state index in [2.05, 4.69) is 21.5 Å². The molecule has 0 saturated carbocycles. The Morgan fingerprint density at radius 1 is 0.903 bits per heavy atom. The van der Waals surface area contributed by atoms with Crippen molar-refractivity contribution >= 4 is 52.3 Å². The first-order chi connectivity index (χ1) is 14.7. The number of anilines is 1. The third-order valence-corrected chi connectivity index (χ3v) is 4.58. The van der Waals surface area contributed by atoms with Gasteiger partial charge in [-0.2, -0.15) is 0 Å². The first-order valence-corrected chi connectivity index (χ1v) is 10.2. The van der Waals surface area contributed by atoms with Crippen molar-refractivity contribution in [1.82, 2.24) is 16.2 Å². The predicted octanol–water partition coefficient (Wildman–Crippen LogP) is 2.78. The van der Waals surface area contributed by atoms with E-state index in [0.717, 1.165) is 11.1 Å². The van der Waals surface area contributed by atoms with E-state index < -0.39 is 11.8 Å². The molecule has 0 heterocycles. The molecule has 8 nitrogen and oxygen atoms in total. The molecule has 2 rings (SSSR count). The molecule has 0 unspecified atom stereocenters. The van der Waals surface area contributed by atoms with E-state index in [-0.39, 0.29) is 30.5 Å². The highest BCUT2D eigenvalue weighted by Gasteiger charge is 2.10. The SMILES string of the molecule is Cc1ccc(NC(=O)CCC(=O)NNC(=S)NC(=O)COc2ccc(Cl)cc2)cc1C. The molecular formula is C21H23ClN4O4S. The van der Waals surface area contributed by atoms with Crippen molar-refractivity contribution < 1.29 is 19.1 Å². The summed E-state index contributed by atoms with van der Waals surface area (Å²) in [5, 5.41) is 5.56. The molecule has 3 amide bonds. The average molecular weight is 463 g/mol. The summed E-state index contributed by atoms with van der Waals surface area (Å²) in [5.74, 6) is -0.766. The standard InChI is InChI=1S/C21H23ClN4O4S/c1-13-3-6-16(11-14(13)2)23-18(27)9-10-19(28)25-26-21(31)24-20(29)12-30-17-7-4-15(22)5-8-17/h3-8,11H,9-10,12H2,1-2H3,(H,23,27)(H,25,28)(H2,24,26,29,31). The third kappa shape index (κ3) is 9.02. The van der Waals surface area contributed by atoms with Gasteiger partial charge in [0.05, 0.1) is 0 Å². The van der Waals surface area contributed by atoms with Crippen LogP contribution in [0.25, 0.3) is 0 Å². The van der Waals surface area contributed by atoms with E-state index >= 15 is 0 Å². The van der Waals surface area contributed by atoms with Crippen LogP contribution < -0.4 is 26.2 Å². The summed E-state index contributed by atoms with van der Waals surface area (Å²) in [6.45, 7) is 3.67. The molecule has 164 valence electrons. The number of carbonyl (C=O) groups is 3. The molecule has 4 N–H and O–H groups in total. The van der Waals surface area contributed by atoms with Crippen LogP contribution in [-0.4, -0.2) is 29.4 Å². The minimum absolute atomic E-state index is 0.00547. The van der Waals surface area contributed by atoms with Gasteiger partial charge < -0.3 is 10.1 Å². The van der Waals surface area contributed by atoms with E-state index in [1.165, 1.54) is 0 Å². The van der Waals surface area contributed by atoms with E-state index in [1.54, 1.807) is 30.3 Å². The molecule has 2 aromatic carbocycles. The highest BCUT2D eigenvalue weighted by Crippen LogP contribution is 2.15. The first kappa shape index (κ1) is 24.1. The second kappa shape index (κ2) is 11.9. The lowest BCUT2D eigenvalue weighted by Gasteiger charge is -2.11. The number of ether oxygens (including phenoxy) is 1. The summed E-state index contributed by atoms with van der Waals surface area (Å²) in [7, 11) is 0. The van der Waals surface area contributed by atoms with Crippen molar-refractivity contribution in [2.45, 2.75) is 26.7 Å². The molecular weight excluding hydrogens is 440 g/mol. The van der Waals surface area contributed by atoms with Gasteiger partial charge in [0.2, 0.25) is 11.8 Å². The second-order valence-electron chi connectivity index (χ2n) is 6.64. The van der Waals surface area contributed by atoms with Crippen LogP contribution >= 0.6 is 23.8 Å². The molecule has 0 aliphatic heterocycles. The van der Waals surface area contributed by atoms with Gasteiger partial charge in [-0.3, -0.25) is 30.6 Å². The molecule has 0 radical (unpaired) electrons. The molecule has 31 heavy (non-hydrogen) atoms. The number of carbonyl (C=O) groups excluding carboxylic acids is 3. The summed E-state index contributed by atoms with van der Waals surface area (Å²) < 4.78 is 5.29. The van der Waals surface area contributed by atoms with Gasteiger partial charge in [0, 0.05) is 23.6 Å². The Morgan fingerprint density at radius 3 is 2.26 bits per heavy atom. The van der Waals surface area contributed by atoms with Crippen LogP contribution in [-0.2, 0) is 14.4 Å². The monoisotopic (exact) mass is 462 g/mol. The fourth-order valence-corrected chi connectivity index (χ4v) is 2.62. The van der Waals surface area contributed by atoms with Gasteiger partial charge in [-0.05, 0) is 73.6 Å². The quantitative estimate of drug-likeness (QED) is 0.372. The van der Waals surface area contributed by atoms with Crippen LogP contribution in [0, 0.1) is 13.8 Å². The minimum Gasteiger partial charge on any atom is -0.484 e. The van der Waals surface area contributed by atoms with Crippen LogP contribution in [0.5, 0.6) is 5.75 Å². The molecule has 0 bridgehead atoms. The number of hydrogen-bond donors (Lipinski definition) is 4. The summed E-state index contributed by atoms with van der Waals surface area (Å²) in [6.07, 6.45) is -0.0611. The maximum atomic E-state index is 12.0. The molecule has 0 aliphatic carbocycles. The van der Waals surface area contributed by atoms with Crippen LogP contribution in [0.15, 0.2) is 42.5 Å². The average Bonchev–Trinajstić information content (AvgIpc) is 2.73. The summed E-state index contributed by atoms with van der Waals surface area (Å²) in [6, 6.07) is 12.1. The zero-order valence-electron chi connectivity index (χ0n) is 17.1. The van der Waals surface area contributed by atoms with E-state index in [4.69, 9.17) is 28.6 Å². The number of benzene rings is 2. The number of rotatable bonds is 7. The highest BCUT2D eigenvalue weighted by molar-refractivity contribution is 7.80. The molecule has 0 aliphatic rings. The van der Waals surface area contributed by atoms with Gasteiger partial charge in [-0.25, -0.2) is 0 Å². The Hall–Kier alpha value is -3.17. The fourth-order valence-electron chi connectivity index (χ4n) is 2.33. The van der Waals surface area contributed by atoms with Gasteiger partial charge in [0.1, 0.15) is 5.75 Å². The number of hydrogen-bond acceptors (Lipinski definition) is 5. The molecule has 2 aromatic rings. The van der Waals surface area contributed by atoms with Crippen molar-refractivity contribution in [2.24, 2.45) is 0 Å². The smallest absolute Gasteiger partial charge is 0.264 e. The molecule has 0 atom stereocenters. The van der Waals surface area contributed by atoms with E-state index in [0.29, 0.717) is 16.5 Å². The Morgan fingerprint density at radius 2 is 1.58 bits per heavy atom. The minimum atomic E-state index is -0.505. The fraction of sp³-hybridized carbons (Fsp3) is 0.238. The van der Waals surface area contributed by atoms with E-state index in [1.807, 2.05) is 26.0 Å². The Kier molecular flexibility index (Phi) is 9.23. The lowest BCUT2D eigenvalue weighted by Crippen LogP contribution is -2.49. The van der Waals surface area contributed by atoms with Crippen LogP contribution in [0.1, 0.15) is 24.0 Å². The zero-order chi connectivity index (χ0) is 22.8. The highest BCUT2D eigenvalue weighted by atomic mass is 35.5. The molecule has 10 heteroatoms. The molecule has 0 aromatic heterocycles.